The van der Waals surface area contributed by atoms with Crippen LogP contribution in [0.2, 0.25) is 0 Å². The van der Waals surface area contributed by atoms with E-state index in [0.29, 0.717) is 6.61 Å². The van der Waals surface area contributed by atoms with Gasteiger partial charge in [-0.1, -0.05) is 0 Å². The lowest BCUT2D eigenvalue weighted by Crippen LogP contribution is -2.17. The number of fused-ring (bicyclic) bond motifs is 1. The van der Waals surface area contributed by atoms with E-state index < -0.39 is 0 Å². The van der Waals surface area contributed by atoms with E-state index in [2.05, 4.69) is 46.1 Å². The topological polar surface area (TPSA) is 47.0 Å². The highest BCUT2D eigenvalue weighted by atomic mass is 79.9. The van der Waals surface area contributed by atoms with Gasteiger partial charge in [-0.05, 0) is 35.8 Å². The molecule has 0 aromatic carbocycles. The number of aromatic nitrogens is 2. The Labute approximate surface area is 130 Å². The highest BCUT2D eigenvalue weighted by Gasteiger charge is 2.19. The average molecular weight is 354 g/mol. The minimum atomic E-state index is 0.602. The van der Waals surface area contributed by atoms with Crippen molar-refractivity contribution in [2.24, 2.45) is 0 Å². The monoisotopic (exact) mass is 353 g/mol. The van der Waals surface area contributed by atoms with Gasteiger partial charge in [0, 0.05) is 27.9 Å². The van der Waals surface area contributed by atoms with Crippen LogP contribution in [0.15, 0.2) is 10.5 Å². The van der Waals surface area contributed by atoms with Crippen LogP contribution in [0, 0.1) is 6.92 Å². The summed E-state index contributed by atoms with van der Waals surface area (Å²) in [5.41, 5.74) is 2.22. The number of anilines is 1. The van der Waals surface area contributed by atoms with Gasteiger partial charge in [0.2, 0.25) is 0 Å². The number of rotatable bonds is 3. The first-order chi connectivity index (χ1) is 9.69. The van der Waals surface area contributed by atoms with E-state index in [1.165, 1.54) is 4.88 Å². The zero-order valence-corrected chi connectivity index (χ0v) is 13.9. The fourth-order valence-electron chi connectivity index (χ4n) is 2.23. The molecule has 106 valence electrons. The van der Waals surface area contributed by atoms with Gasteiger partial charge >= 0.3 is 0 Å². The van der Waals surface area contributed by atoms with Crippen molar-refractivity contribution >= 4 is 33.1 Å². The van der Waals surface area contributed by atoms with E-state index >= 15 is 0 Å². The molecule has 0 saturated heterocycles. The highest BCUT2D eigenvalue weighted by Crippen LogP contribution is 2.34. The number of nitrogens with zero attached hydrogens (tertiary/aromatic N) is 2. The summed E-state index contributed by atoms with van der Waals surface area (Å²) in [7, 11) is 0. The molecule has 0 unspecified atom stereocenters. The Bertz CT molecular complexity index is 622. The SMILES string of the molecule is CCNc1nc(-c2cc(Br)c(C)s2)nc2c1COCC2. The van der Waals surface area contributed by atoms with Crippen LogP contribution in [0.25, 0.3) is 10.7 Å². The van der Waals surface area contributed by atoms with Crippen LogP contribution in [-0.4, -0.2) is 23.1 Å². The molecule has 0 saturated carbocycles. The van der Waals surface area contributed by atoms with Gasteiger partial charge in [-0.25, -0.2) is 9.97 Å². The van der Waals surface area contributed by atoms with E-state index in [4.69, 9.17) is 9.72 Å². The molecule has 0 atom stereocenters. The lowest BCUT2D eigenvalue weighted by atomic mass is 10.1. The van der Waals surface area contributed by atoms with Gasteiger partial charge in [0.15, 0.2) is 5.82 Å². The second-order valence-electron chi connectivity index (χ2n) is 4.67. The minimum Gasteiger partial charge on any atom is -0.376 e. The van der Waals surface area contributed by atoms with Crippen molar-refractivity contribution < 1.29 is 4.74 Å². The molecule has 1 aliphatic rings. The smallest absolute Gasteiger partial charge is 0.171 e. The zero-order valence-electron chi connectivity index (χ0n) is 11.5. The first-order valence-corrected chi connectivity index (χ1v) is 8.27. The van der Waals surface area contributed by atoms with Gasteiger partial charge in [-0.3, -0.25) is 0 Å². The predicted octanol–water partition coefficient (Wildman–Crippen LogP) is 3.78. The van der Waals surface area contributed by atoms with Gasteiger partial charge in [0.05, 0.1) is 23.8 Å². The summed E-state index contributed by atoms with van der Waals surface area (Å²) in [6, 6.07) is 2.09. The zero-order chi connectivity index (χ0) is 14.1. The summed E-state index contributed by atoms with van der Waals surface area (Å²) in [5, 5.41) is 3.33. The number of nitrogens with one attached hydrogen (secondary N) is 1. The normalized spacial score (nSPS) is 14.2. The molecule has 0 aliphatic carbocycles. The third kappa shape index (κ3) is 2.60. The molecule has 6 heteroatoms. The summed E-state index contributed by atoms with van der Waals surface area (Å²) in [6.45, 7) is 6.35. The number of halogens is 1. The summed E-state index contributed by atoms with van der Waals surface area (Å²) in [4.78, 5) is 11.8. The predicted molar refractivity (Wildman–Crippen MR) is 85.3 cm³/mol. The van der Waals surface area contributed by atoms with Crippen LogP contribution in [-0.2, 0) is 17.8 Å². The van der Waals surface area contributed by atoms with Crippen LogP contribution < -0.4 is 5.32 Å². The molecule has 4 nitrogen and oxygen atoms in total. The third-order valence-corrected chi connectivity index (χ3v) is 5.38. The minimum absolute atomic E-state index is 0.602. The van der Waals surface area contributed by atoms with Crippen LogP contribution in [0.3, 0.4) is 0 Å². The molecule has 20 heavy (non-hydrogen) atoms. The van der Waals surface area contributed by atoms with E-state index in [9.17, 15) is 0 Å². The van der Waals surface area contributed by atoms with Crippen molar-refractivity contribution in [3.8, 4) is 10.7 Å². The van der Waals surface area contributed by atoms with E-state index in [-0.39, 0.29) is 0 Å². The first-order valence-electron chi connectivity index (χ1n) is 6.66. The van der Waals surface area contributed by atoms with Gasteiger partial charge in [-0.15, -0.1) is 11.3 Å². The Balaban J connectivity index is 2.09. The Morgan fingerprint density at radius 2 is 2.30 bits per heavy atom. The molecule has 2 aromatic heterocycles. The molecule has 0 amide bonds. The van der Waals surface area contributed by atoms with Crippen molar-refractivity contribution in [3.63, 3.8) is 0 Å². The van der Waals surface area contributed by atoms with Crippen molar-refractivity contribution in [2.75, 3.05) is 18.5 Å². The van der Waals surface area contributed by atoms with Crippen LogP contribution in [0.5, 0.6) is 0 Å². The molecule has 2 aromatic rings. The number of aryl methyl sites for hydroxylation is 1. The maximum absolute atomic E-state index is 5.53. The van der Waals surface area contributed by atoms with Gasteiger partial charge in [-0.2, -0.15) is 0 Å². The Morgan fingerprint density at radius 1 is 1.45 bits per heavy atom. The second kappa shape index (κ2) is 5.79. The van der Waals surface area contributed by atoms with Crippen molar-refractivity contribution in [1.29, 1.82) is 0 Å². The molecule has 0 fully saturated rings. The lowest BCUT2D eigenvalue weighted by Gasteiger charge is -2.19. The molecule has 1 aliphatic heterocycles. The van der Waals surface area contributed by atoms with Crippen molar-refractivity contribution in [3.05, 3.63) is 26.7 Å². The second-order valence-corrected chi connectivity index (χ2v) is 6.78. The molecule has 0 radical (unpaired) electrons. The number of hydrogen-bond donors (Lipinski definition) is 1. The molecular weight excluding hydrogens is 338 g/mol. The van der Waals surface area contributed by atoms with Crippen molar-refractivity contribution in [2.45, 2.75) is 26.9 Å². The molecule has 0 bridgehead atoms. The van der Waals surface area contributed by atoms with Gasteiger partial charge in [0.25, 0.3) is 0 Å². The molecule has 3 rings (SSSR count). The molecule has 1 N–H and O–H groups in total. The lowest BCUT2D eigenvalue weighted by molar-refractivity contribution is 0.109. The fourth-order valence-corrected chi connectivity index (χ4v) is 3.69. The van der Waals surface area contributed by atoms with Gasteiger partial charge < -0.3 is 10.1 Å². The number of hydrogen-bond acceptors (Lipinski definition) is 5. The fraction of sp³-hybridized carbons (Fsp3) is 0.429. The number of ether oxygens (including phenoxy) is 1. The maximum atomic E-state index is 5.53. The summed E-state index contributed by atoms with van der Waals surface area (Å²) >= 11 is 5.27. The van der Waals surface area contributed by atoms with Gasteiger partial charge in [0.1, 0.15) is 5.82 Å². The number of thiophene rings is 1. The first kappa shape index (κ1) is 14.0. The Kier molecular flexibility index (Phi) is 4.05. The van der Waals surface area contributed by atoms with Crippen molar-refractivity contribution in [1.82, 2.24) is 9.97 Å². The molecular formula is C14H16BrN3OS. The molecule has 0 spiro atoms. The summed E-state index contributed by atoms with van der Waals surface area (Å²) < 4.78 is 6.64. The highest BCUT2D eigenvalue weighted by molar-refractivity contribution is 9.10. The quantitative estimate of drug-likeness (QED) is 0.911. The van der Waals surface area contributed by atoms with E-state index in [0.717, 1.165) is 51.8 Å². The van der Waals surface area contributed by atoms with E-state index in [1.54, 1.807) is 11.3 Å². The van der Waals surface area contributed by atoms with Crippen LogP contribution >= 0.6 is 27.3 Å². The largest absolute Gasteiger partial charge is 0.376 e. The van der Waals surface area contributed by atoms with Crippen LogP contribution in [0.4, 0.5) is 5.82 Å². The van der Waals surface area contributed by atoms with E-state index in [1.807, 2.05) is 0 Å². The maximum Gasteiger partial charge on any atom is 0.171 e. The summed E-state index contributed by atoms with van der Waals surface area (Å²) in [5.74, 6) is 1.72. The summed E-state index contributed by atoms with van der Waals surface area (Å²) in [6.07, 6.45) is 0.856. The third-order valence-electron chi connectivity index (χ3n) is 3.24. The Morgan fingerprint density at radius 3 is 3.00 bits per heavy atom. The average Bonchev–Trinajstić information content (AvgIpc) is 2.79. The van der Waals surface area contributed by atoms with Crippen LogP contribution in [0.1, 0.15) is 23.1 Å². The Hall–Kier alpha value is -0.980. The standard InChI is InChI=1S/C14H16BrN3OS/c1-3-16-13-9-7-19-5-4-11(9)17-14(18-13)12-6-10(15)8(2)20-12/h6H,3-5,7H2,1-2H3,(H,16,17,18). The molecule has 3 heterocycles.